The van der Waals surface area contributed by atoms with Crippen LogP contribution in [0, 0.1) is 17.8 Å². The lowest BCUT2D eigenvalue weighted by atomic mass is 9.81. The summed E-state index contributed by atoms with van der Waals surface area (Å²) < 4.78 is 6.81. The third-order valence-electron chi connectivity index (χ3n) is 4.64. The molecule has 0 aliphatic heterocycles. The zero-order valence-electron chi connectivity index (χ0n) is 10.8. The number of nitrogens with two attached hydrogens (primary N) is 1. The van der Waals surface area contributed by atoms with Crippen LogP contribution in [0.3, 0.4) is 0 Å². The second-order valence-electron chi connectivity index (χ2n) is 5.49. The summed E-state index contributed by atoms with van der Waals surface area (Å²) in [5.74, 6) is 1.59. The summed E-state index contributed by atoms with van der Waals surface area (Å²) in [4.78, 5) is 12.7. The van der Waals surface area contributed by atoms with Gasteiger partial charge in [-0.05, 0) is 31.1 Å². The predicted octanol–water partition coefficient (Wildman–Crippen LogP) is 0.985. The molecule has 0 amide bonds. The predicted molar refractivity (Wildman–Crippen MR) is 66.4 cm³/mol. The van der Waals surface area contributed by atoms with Gasteiger partial charge in [0.05, 0.1) is 13.3 Å². The highest BCUT2D eigenvalue weighted by molar-refractivity contribution is 5.99. The molecule has 5 nitrogen and oxygen atoms in total. The second kappa shape index (κ2) is 4.09. The second-order valence-corrected chi connectivity index (χ2v) is 5.49. The number of hydrogen-bond acceptors (Lipinski definition) is 4. The van der Waals surface area contributed by atoms with Crippen molar-refractivity contribution < 1.29 is 9.53 Å². The first-order chi connectivity index (χ1) is 8.63. The number of Topliss-reactive ketones (excluding diaryl/α,β-unsaturated/α-hetero) is 1. The molecule has 1 heterocycles. The summed E-state index contributed by atoms with van der Waals surface area (Å²) in [6, 6.07) is 0.0101. The van der Waals surface area contributed by atoms with E-state index in [9.17, 15) is 4.79 Å². The maximum Gasteiger partial charge on any atom is 0.189 e. The van der Waals surface area contributed by atoms with Crippen molar-refractivity contribution in [1.29, 1.82) is 0 Å². The van der Waals surface area contributed by atoms with Crippen molar-refractivity contribution in [3.05, 3.63) is 11.9 Å². The zero-order valence-corrected chi connectivity index (χ0v) is 10.8. The number of hydrogen-bond donors (Lipinski definition) is 1. The molecule has 3 rings (SSSR count). The Morgan fingerprint density at radius 1 is 1.50 bits per heavy atom. The Hall–Kier alpha value is -1.36. The first-order valence-corrected chi connectivity index (χ1v) is 6.49. The van der Waals surface area contributed by atoms with Crippen LogP contribution < -0.4 is 10.5 Å². The average molecular weight is 249 g/mol. The summed E-state index contributed by atoms with van der Waals surface area (Å²) in [5, 5.41) is 4.10. The maximum atomic E-state index is 12.7. The molecule has 5 heteroatoms. The number of fused-ring (bicyclic) bond motifs is 2. The zero-order chi connectivity index (χ0) is 12.9. The number of aromatic nitrogens is 2. The molecule has 2 fully saturated rings. The number of carbonyl (C=O) groups excluding carboxylic acids is 1. The van der Waals surface area contributed by atoms with E-state index < -0.39 is 0 Å². The summed E-state index contributed by atoms with van der Waals surface area (Å²) in [6.45, 7) is 0. The minimum atomic E-state index is -0.0481. The van der Waals surface area contributed by atoms with Crippen LogP contribution in [0.25, 0.3) is 0 Å². The number of ketones is 1. The van der Waals surface area contributed by atoms with E-state index in [0.29, 0.717) is 23.3 Å². The van der Waals surface area contributed by atoms with Gasteiger partial charge in [-0.25, -0.2) is 0 Å². The van der Waals surface area contributed by atoms with E-state index in [4.69, 9.17) is 10.5 Å². The van der Waals surface area contributed by atoms with Gasteiger partial charge in [0.1, 0.15) is 5.69 Å². The van der Waals surface area contributed by atoms with E-state index in [1.165, 1.54) is 6.42 Å². The molecule has 0 aromatic carbocycles. The Morgan fingerprint density at radius 2 is 2.22 bits per heavy atom. The topological polar surface area (TPSA) is 70.1 Å². The molecular formula is C13H19N3O2. The van der Waals surface area contributed by atoms with E-state index in [1.54, 1.807) is 25.0 Å². The molecule has 4 unspecified atom stereocenters. The molecule has 0 saturated heterocycles. The van der Waals surface area contributed by atoms with Crippen LogP contribution in [-0.2, 0) is 7.05 Å². The lowest BCUT2D eigenvalue weighted by Crippen LogP contribution is -2.40. The molecule has 18 heavy (non-hydrogen) atoms. The third kappa shape index (κ3) is 1.50. The molecule has 2 aliphatic rings. The van der Waals surface area contributed by atoms with Gasteiger partial charge in [-0.3, -0.25) is 9.48 Å². The SMILES string of the molecule is COc1cnn(C)c1C(=O)C1C2CCC(C2)C1N. The van der Waals surface area contributed by atoms with Crippen LogP contribution in [0.2, 0.25) is 0 Å². The molecule has 1 aromatic heterocycles. The van der Waals surface area contributed by atoms with Gasteiger partial charge in [-0.2, -0.15) is 5.10 Å². The van der Waals surface area contributed by atoms with Gasteiger partial charge < -0.3 is 10.5 Å². The normalized spacial score (nSPS) is 33.9. The minimum Gasteiger partial charge on any atom is -0.493 e. The Labute approximate surface area is 106 Å². The molecule has 4 atom stereocenters. The molecule has 0 spiro atoms. The van der Waals surface area contributed by atoms with E-state index >= 15 is 0 Å². The summed E-state index contributed by atoms with van der Waals surface area (Å²) >= 11 is 0. The first-order valence-electron chi connectivity index (χ1n) is 6.49. The van der Waals surface area contributed by atoms with Gasteiger partial charge >= 0.3 is 0 Å². The monoisotopic (exact) mass is 249 g/mol. The van der Waals surface area contributed by atoms with E-state index in [2.05, 4.69) is 5.10 Å². The van der Waals surface area contributed by atoms with Crippen LogP contribution in [0.1, 0.15) is 29.8 Å². The van der Waals surface area contributed by atoms with Gasteiger partial charge in [-0.1, -0.05) is 0 Å². The van der Waals surface area contributed by atoms with Crippen LogP contribution in [-0.4, -0.2) is 28.7 Å². The smallest absolute Gasteiger partial charge is 0.189 e. The fourth-order valence-electron chi connectivity index (χ4n) is 3.73. The molecule has 2 aliphatic carbocycles. The molecule has 2 saturated carbocycles. The number of rotatable bonds is 3. The van der Waals surface area contributed by atoms with Gasteiger partial charge in [0.15, 0.2) is 11.5 Å². The quantitative estimate of drug-likeness (QED) is 0.811. The van der Waals surface area contributed by atoms with Gasteiger partial charge in [-0.15, -0.1) is 0 Å². The standard InChI is InChI=1S/C13H19N3O2/c1-16-12(9(18-2)6-15-16)13(17)10-7-3-4-8(5-7)11(10)14/h6-8,10-11H,3-5,14H2,1-2H3. The van der Waals surface area contributed by atoms with E-state index in [0.717, 1.165) is 12.8 Å². The molecular weight excluding hydrogens is 230 g/mol. The van der Waals surface area contributed by atoms with Crippen LogP contribution >= 0.6 is 0 Å². The van der Waals surface area contributed by atoms with Crippen LogP contribution in [0.15, 0.2) is 6.20 Å². The number of methoxy groups -OCH3 is 1. The number of nitrogens with zero attached hydrogens (tertiary/aromatic N) is 2. The molecule has 2 N–H and O–H groups in total. The third-order valence-corrected chi connectivity index (χ3v) is 4.64. The lowest BCUT2D eigenvalue weighted by Gasteiger charge is -2.26. The van der Waals surface area contributed by atoms with Crippen molar-refractivity contribution in [3.63, 3.8) is 0 Å². The molecule has 0 radical (unpaired) electrons. The Morgan fingerprint density at radius 3 is 2.83 bits per heavy atom. The lowest BCUT2D eigenvalue weighted by molar-refractivity contribution is 0.0843. The van der Waals surface area contributed by atoms with Crippen molar-refractivity contribution in [2.24, 2.45) is 30.5 Å². The molecule has 1 aromatic rings. The largest absolute Gasteiger partial charge is 0.493 e. The highest BCUT2D eigenvalue weighted by atomic mass is 16.5. The maximum absolute atomic E-state index is 12.7. The van der Waals surface area contributed by atoms with Gasteiger partial charge in [0.25, 0.3) is 0 Å². The molecule has 98 valence electrons. The Bertz CT molecular complexity index is 481. The number of ether oxygens (including phenoxy) is 1. The minimum absolute atomic E-state index is 0.0101. The van der Waals surface area contributed by atoms with Crippen molar-refractivity contribution in [2.45, 2.75) is 25.3 Å². The highest BCUT2D eigenvalue weighted by Crippen LogP contribution is 2.49. The summed E-state index contributed by atoms with van der Waals surface area (Å²) in [5.41, 5.74) is 6.78. The fraction of sp³-hybridized carbons (Fsp3) is 0.692. The number of carbonyl (C=O) groups is 1. The molecule has 2 bridgehead atoms. The summed E-state index contributed by atoms with van der Waals surface area (Å²) in [7, 11) is 3.34. The first kappa shape index (κ1) is 11.7. The van der Waals surface area contributed by atoms with Gasteiger partial charge in [0, 0.05) is 19.0 Å². The van der Waals surface area contributed by atoms with Crippen LogP contribution in [0.4, 0.5) is 0 Å². The highest BCUT2D eigenvalue weighted by Gasteiger charge is 2.50. The van der Waals surface area contributed by atoms with Crippen molar-refractivity contribution in [1.82, 2.24) is 9.78 Å². The van der Waals surface area contributed by atoms with E-state index in [1.807, 2.05) is 0 Å². The Kier molecular flexibility index (Phi) is 2.66. The Balaban J connectivity index is 1.93. The fourth-order valence-corrected chi connectivity index (χ4v) is 3.73. The van der Waals surface area contributed by atoms with Crippen LogP contribution in [0.5, 0.6) is 5.75 Å². The van der Waals surface area contributed by atoms with Gasteiger partial charge in [0.2, 0.25) is 0 Å². The average Bonchev–Trinajstić information content (AvgIpc) is 3.02. The summed E-state index contributed by atoms with van der Waals surface area (Å²) in [6.07, 6.45) is 5.01. The van der Waals surface area contributed by atoms with Crippen molar-refractivity contribution >= 4 is 5.78 Å². The number of aryl methyl sites for hydroxylation is 1. The van der Waals surface area contributed by atoms with E-state index in [-0.39, 0.29) is 17.7 Å². The van der Waals surface area contributed by atoms with Crippen molar-refractivity contribution in [3.8, 4) is 5.75 Å². The van der Waals surface area contributed by atoms with Crippen molar-refractivity contribution in [2.75, 3.05) is 7.11 Å².